The van der Waals surface area contributed by atoms with Crippen LogP contribution in [0.2, 0.25) is 0 Å². The number of nitrogens with zero attached hydrogens (tertiary/aromatic N) is 1. The SMILES string of the molecule is CCOc1cc(/C=C(/C#N)c2cccc3ccccc23)ccc1OC. The van der Waals surface area contributed by atoms with Crippen molar-refractivity contribution < 1.29 is 9.47 Å². The molecule has 0 saturated heterocycles. The minimum absolute atomic E-state index is 0.554. The van der Waals surface area contributed by atoms with Gasteiger partial charge in [-0.25, -0.2) is 0 Å². The maximum atomic E-state index is 9.70. The molecule has 0 aliphatic rings. The van der Waals surface area contributed by atoms with E-state index in [1.807, 2.05) is 61.5 Å². The molecule has 3 heteroatoms. The van der Waals surface area contributed by atoms with Crippen molar-refractivity contribution in [2.24, 2.45) is 0 Å². The van der Waals surface area contributed by atoms with Gasteiger partial charge in [0.2, 0.25) is 0 Å². The van der Waals surface area contributed by atoms with Crippen LogP contribution < -0.4 is 9.47 Å². The van der Waals surface area contributed by atoms with Crippen LogP contribution in [0, 0.1) is 11.3 Å². The average Bonchev–Trinajstić information content (AvgIpc) is 2.66. The Kier molecular flexibility index (Phi) is 5.01. The minimum Gasteiger partial charge on any atom is -0.493 e. The smallest absolute Gasteiger partial charge is 0.161 e. The molecule has 3 rings (SSSR count). The summed E-state index contributed by atoms with van der Waals surface area (Å²) < 4.78 is 10.9. The standard InChI is InChI=1S/C22H19NO2/c1-3-25-22-14-16(11-12-21(22)24-2)13-18(15-23)20-10-6-8-17-7-4-5-9-19(17)20/h4-14H,3H2,1-2H3/b18-13-. The average molecular weight is 329 g/mol. The summed E-state index contributed by atoms with van der Waals surface area (Å²) in [6.07, 6.45) is 1.88. The molecule has 0 spiro atoms. The lowest BCUT2D eigenvalue weighted by Crippen LogP contribution is -1.95. The van der Waals surface area contributed by atoms with Crippen LogP contribution >= 0.6 is 0 Å². The number of nitriles is 1. The molecular formula is C22H19NO2. The minimum atomic E-state index is 0.554. The monoisotopic (exact) mass is 329 g/mol. The number of rotatable bonds is 5. The van der Waals surface area contributed by atoms with E-state index in [4.69, 9.17) is 9.47 Å². The largest absolute Gasteiger partial charge is 0.493 e. The van der Waals surface area contributed by atoms with Gasteiger partial charge in [-0.1, -0.05) is 48.5 Å². The first-order valence-electron chi connectivity index (χ1n) is 8.17. The molecule has 25 heavy (non-hydrogen) atoms. The van der Waals surface area contributed by atoms with Crippen LogP contribution in [0.5, 0.6) is 11.5 Å². The van der Waals surface area contributed by atoms with Gasteiger partial charge >= 0.3 is 0 Å². The summed E-state index contributed by atoms with van der Waals surface area (Å²) >= 11 is 0. The van der Waals surface area contributed by atoms with Gasteiger partial charge in [-0.05, 0) is 41.5 Å². The molecule has 0 aromatic heterocycles. The molecule has 0 N–H and O–H groups in total. The molecule has 0 fully saturated rings. The number of hydrogen-bond acceptors (Lipinski definition) is 3. The lowest BCUT2D eigenvalue weighted by molar-refractivity contribution is 0.311. The summed E-state index contributed by atoms with van der Waals surface area (Å²) in [5.41, 5.74) is 2.44. The van der Waals surface area contributed by atoms with Crippen molar-refractivity contribution in [2.45, 2.75) is 6.92 Å². The summed E-state index contributed by atoms with van der Waals surface area (Å²) in [4.78, 5) is 0. The van der Waals surface area contributed by atoms with Crippen molar-refractivity contribution in [2.75, 3.05) is 13.7 Å². The molecule has 0 saturated carbocycles. The number of benzene rings is 3. The molecule has 0 aliphatic carbocycles. The molecule has 0 atom stereocenters. The van der Waals surface area contributed by atoms with E-state index in [2.05, 4.69) is 18.2 Å². The zero-order valence-electron chi connectivity index (χ0n) is 14.3. The number of hydrogen-bond donors (Lipinski definition) is 0. The van der Waals surface area contributed by atoms with Gasteiger partial charge in [0, 0.05) is 5.56 Å². The second-order valence-electron chi connectivity index (χ2n) is 5.54. The van der Waals surface area contributed by atoms with E-state index in [0.717, 1.165) is 21.9 Å². The van der Waals surface area contributed by atoms with E-state index < -0.39 is 0 Å². The fraction of sp³-hybridized carbons (Fsp3) is 0.136. The summed E-state index contributed by atoms with van der Waals surface area (Å²) in [6, 6.07) is 22.1. The Hall–Kier alpha value is -3.25. The zero-order valence-corrected chi connectivity index (χ0v) is 14.3. The van der Waals surface area contributed by atoms with Gasteiger partial charge < -0.3 is 9.47 Å². The van der Waals surface area contributed by atoms with E-state index in [1.54, 1.807) is 7.11 Å². The zero-order chi connectivity index (χ0) is 17.6. The van der Waals surface area contributed by atoms with Crippen molar-refractivity contribution in [1.29, 1.82) is 5.26 Å². The van der Waals surface area contributed by atoms with Crippen LogP contribution in [-0.2, 0) is 0 Å². The fourth-order valence-corrected chi connectivity index (χ4v) is 2.85. The predicted molar refractivity (Wildman–Crippen MR) is 102 cm³/mol. The fourth-order valence-electron chi connectivity index (χ4n) is 2.85. The summed E-state index contributed by atoms with van der Waals surface area (Å²) in [5, 5.41) is 11.9. The molecule has 3 aromatic carbocycles. The molecule has 0 amide bonds. The second-order valence-corrected chi connectivity index (χ2v) is 5.54. The molecule has 0 heterocycles. The first kappa shape index (κ1) is 16.6. The molecule has 0 bridgehead atoms. The molecule has 0 unspecified atom stereocenters. The quantitative estimate of drug-likeness (QED) is 0.470. The molecule has 124 valence electrons. The van der Waals surface area contributed by atoms with Crippen molar-refractivity contribution >= 4 is 22.4 Å². The Morgan fingerprint density at radius 3 is 2.60 bits per heavy atom. The summed E-state index contributed by atoms with van der Waals surface area (Å²) in [7, 11) is 1.62. The predicted octanol–water partition coefficient (Wildman–Crippen LogP) is 5.31. The highest BCUT2D eigenvalue weighted by molar-refractivity contribution is 6.01. The van der Waals surface area contributed by atoms with Crippen LogP contribution in [0.15, 0.2) is 60.7 Å². The van der Waals surface area contributed by atoms with Gasteiger partial charge in [0.25, 0.3) is 0 Å². The lowest BCUT2D eigenvalue weighted by atomic mass is 9.97. The van der Waals surface area contributed by atoms with Crippen molar-refractivity contribution in [3.8, 4) is 17.6 Å². The Balaban J connectivity index is 2.09. The number of methoxy groups -OCH3 is 1. The number of ether oxygens (including phenoxy) is 2. The van der Waals surface area contributed by atoms with Crippen LogP contribution in [0.4, 0.5) is 0 Å². The van der Waals surface area contributed by atoms with Gasteiger partial charge in [-0.3, -0.25) is 0 Å². The lowest BCUT2D eigenvalue weighted by Gasteiger charge is -2.10. The van der Waals surface area contributed by atoms with Gasteiger partial charge in [0.15, 0.2) is 11.5 Å². The summed E-state index contributed by atoms with van der Waals surface area (Å²) in [6.45, 7) is 2.48. The maximum Gasteiger partial charge on any atom is 0.161 e. The third-order valence-corrected chi connectivity index (χ3v) is 4.00. The first-order valence-corrected chi connectivity index (χ1v) is 8.17. The molecular weight excluding hydrogens is 310 g/mol. The summed E-state index contributed by atoms with van der Waals surface area (Å²) in [5.74, 6) is 1.36. The van der Waals surface area contributed by atoms with E-state index in [0.29, 0.717) is 23.7 Å². The Morgan fingerprint density at radius 2 is 1.84 bits per heavy atom. The van der Waals surface area contributed by atoms with Gasteiger partial charge in [0.1, 0.15) is 0 Å². The number of fused-ring (bicyclic) bond motifs is 1. The van der Waals surface area contributed by atoms with Crippen LogP contribution in [-0.4, -0.2) is 13.7 Å². The molecule has 3 nitrogen and oxygen atoms in total. The highest BCUT2D eigenvalue weighted by Gasteiger charge is 2.08. The normalized spacial score (nSPS) is 11.2. The third-order valence-electron chi connectivity index (χ3n) is 4.00. The molecule has 3 aromatic rings. The van der Waals surface area contributed by atoms with E-state index in [9.17, 15) is 5.26 Å². The second kappa shape index (κ2) is 7.55. The first-order chi connectivity index (χ1) is 12.3. The Labute approximate surface area is 147 Å². The van der Waals surface area contributed by atoms with E-state index in [-0.39, 0.29) is 0 Å². The number of allylic oxidation sites excluding steroid dienone is 1. The van der Waals surface area contributed by atoms with Crippen LogP contribution in [0.1, 0.15) is 18.1 Å². The molecule has 0 radical (unpaired) electrons. The Bertz CT molecular complexity index is 962. The molecule has 0 aliphatic heterocycles. The topological polar surface area (TPSA) is 42.2 Å². The van der Waals surface area contributed by atoms with Crippen molar-refractivity contribution in [1.82, 2.24) is 0 Å². The highest BCUT2D eigenvalue weighted by atomic mass is 16.5. The van der Waals surface area contributed by atoms with E-state index in [1.165, 1.54) is 0 Å². The van der Waals surface area contributed by atoms with Crippen LogP contribution in [0.25, 0.3) is 22.4 Å². The maximum absolute atomic E-state index is 9.70. The van der Waals surface area contributed by atoms with Crippen LogP contribution in [0.3, 0.4) is 0 Å². The third kappa shape index (κ3) is 3.49. The van der Waals surface area contributed by atoms with Gasteiger partial charge in [-0.2, -0.15) is 5.26 Å². The van der Waals surface area contributed by atoms with Gasteiger partial charge in [0.05, 0.1) is 25.4 Å². The Morgan fingerprint density at radius 1 is 1.04 bits per heavy atom. The highest BCUT2D eigenvalue weighted by Crippen LogP contribution is 2.31. The van der Waals surface area contributed by atoms with Crippen molar-refractivity contribution in [3.63, 3.8) is 0 Å². The van der Waals surface area contributed by atoms with E-state index >= 15 is 0 Å². The van der Waals surface area contributed by atoms with Crippen molar-refractivity contribution in [3.05, 3.63) is 71.8 Å². The van der Waals surface area contributed by atoms with Gasteiger partial charge in [-0.15, -0.1) is 0 Å².